The van der Waals surface area contributed by atoms with Crippen LogP contribution in [0.4, 0.5) is 0 Å². The molecule has 1 unspecified atom stereocenters. The first-order chi connectivity index (χ1) is 12.3. The lowest BCUT2D eigenvalue weighted by Crippen LogP contribution is -2.26. The highest BCUT2D eigenvalue weighted by Gasteiger charge is 2.15. The van der Waals surface area contributed by atoms with Gasteiger partial charge in [0.05, 0.1) is 23.7 Å². The molecule has 0 spiro atoms. The molecular formula is C21H30N2O3. The van der Waals surface area contributed by atoms with E-state index >= 15 is 0 Å². The van der Waals surface area contributed by atoms with Gasteiger partial charge in [0.15, 0.2) is 0 Å². The van der Waals surface area contributed by atoms with Gasteiger partial charge < -0.3 is 14.8 Å². The molecule has 0 amide bonds. The first-order valence-electron chi connectivity index (χ1n) is 9.26. The van der Waals surface area contributed by atoms with Crippen molar-refractivity contribution in [3.05, 3.63) is 36.0 Å². The van der Waals surface area contributed by atoms with E-state index in [0.717, 1.165) is 28.8 Å². The van der Waals surface area contributed by atoms with E-state index in [0.29, 0.717) is 19.5 Å². The van der Waals surface area contributed by atoms with Crippen LogP contribution in [0.1, 0.15) is 53.2 Å². The number of ether oxygens (including phenoxy) is 2. The Hall–Kier alpha value is -2.14. The van der Waals surface area contributed by atoms with Gasteiger partial charge in [0, 0.05) is 18.5 Å². The van der Waals surface area contributed by atoms with Crippen LogP contribution in [0.2, 0.25) is 0 Å². The van der Waals surface area contributed by atoms with Crippen molar-refractivity contribution in [2.24, 2.45) is 0 Å². The number of aromatic nitrogens is 1. The molecule has 0 aliphatic carbocycles. The van der Waals surface area contributed by atoms with E-state index < -0.39 is 5.60 Å². The molecule has 0 aliphatic heterocycles. The number of pyridine rings is 1. The summed E-state index contributed by atoms with van der Waals surface area (Å²) in [7, 11) is 0. The predicted molar refractivity (Wildman–Crippen MR) is 104 cm³/mol. The number of rotatable bonds is 8. The fraction of sp³-hybridized carbons (Fsp3) is 0.524. The number of carbonyl (C=O) groups is 1. The molecule has 2 rings (SSSR count). The Kier molecular flexibility index (Phi) is 6.98. The van der Waals surface area contributed by atoms with Gasteiger partial charge in [0.1, 0.15) is 11.4 Å². The zero-order valence-electron chi connectivity index (χ0n) is 16.5. The minimum atomic E-state index is -0.436. The molecule has 0 fully saturated rings. The van der Waals surface area contributed by atoms with Crippen LogP contribution in [-0.2, 0) is 16.1 Å². The Morgan fingerprint density at radius 3 is 2.69 bits per heavy atom. The van der Waals surface area contributed by atoms with Crippen molar-refractivity contribution >= 4 is 16.9 Å². The smallest absolute Gasteiger partial charge is 0.307 e. The number of esters is 1. The van der Waals surface area contributed by atoms with Crippen molar-refractivity contribution in [1.29, 1.82) is 0 Å². The summed E-state index contributed by atoms with van der Waals surface area (Å²) in [4.78, 5) is 16.3. The number of fused-ring (bicyclic) bond motifs is 1. The summed E-state index contributed by atoms with van der Waals surface area (Å²) in [5, 5.41) is 4.30. The van der Waals surface area contributed by atoms with Gasteiger partial charge in [-0.15, -0.1) is 0 Å². The van der Waals surface area contributed by atoms with E-state index in [1.165, 1.54) is 0 Å². The van der Waals surface area contributed by atoms with Crippen LogP contribution in [0.15, 0.2) is 30.3 Å². The molecular weight excluding hydrogens is 328 g/mol. The summed E-state index contributed by atoms with van der Waals surface area (Å²) in [5.74, 6) is 0.683. The summed E-state index contributed by atoms with van der Waals surface area (Å²) in [6.45, 7) is 11.0. The van der Waals surface area contributed by atoms with Gasteiger partial charge >= 0.3 is 5.97 Å². The molecule has 1 N–H and O–H groups in total. The molecule has 1 heterocycles. The van der Waals surface area contributed by atoms with Crippen LogP contribution in [0.25, 0.3) is 10.9 Å². The second kappa shape index (κ2) is 8.99. The molecule has 142 valence electrons. The monoisotopic (exact) mass is 358 g/mol. The van der Waals surface area contributed by atoms with Crippen LogP contribution < -0.4 is 10.1 Å². The SMILES string of the molecule is CCC(C)Oc1ccc2nc(CNCCC(=O)OC(C)(C)C)ccc2c1. The summed E-state index contributed by atoms with van der Waals surface area (Å²) >= 11 is 0. The summed E-state index contributed by atoms with van der Waals surface area (Å²) in [6.07, 6.45) is 1.53. The standard InChI is InChI=1S/C21H30N2O3/c1-6-15(2)25-18-9-10-19-16(13-18)7-8-17(23-19)14-22-12-11-20(24)26-21(3,4)5/h7-10,13,15,22H,6,11-12,14H2,1-5H3. The van der Waals surface area contributed by atoms with E-state index in [9.17, 15) is 4.79 Å². The number of nitrogens with one attached hydrogen (secondary N) is 1. The normalized spacial score (nSPS) is 12.8. The predicted octanol–water partition coefficient (Wildman–Crippen LogP) is 4.23. The molecule has 0 bridgehead atoms. The molecule has 5 heteroatoms. The van der Waals surface area contributed by atoms with Gasteiger partial charge in [0.25, 0.3) is 0 Å². The molecule has 2 aromatic rings. The van der Waals surface area contributed by atoms with Gasteiger partial charge in [-0.2, -0.15) is 0 Å². The summed E-state index contributed by atoms with van der Waals surface area (Å²) in [5.41, 5.74) is 1.44. The van der Waals surface area contributed by atoms with Crippen molar-refractivity contribution < 1.29 is 14.3 Å². The molecule has 5 nitrogen and oxygen atoms in total. The minimum Gasteiger partial charge on any atom is -0.491 e. The Balaban J connectivity index is 1.87. The molecule has 0 saturated carbocycles. The molecule has 1 atom stereocenters. The average molecular weight is 358 g/mol. The number of hydrogen-bond acceptors (Lipinski definition) is 5. The molecule has 0 radical (unpaired) electrons. The Morgan fingerprint density at radius 2 is 2.00 bits per heavy atom. The van der Waals surface area contributed by atoms with Gasteiger partial charge in [0.2, 0.25) is 0 Å². The van der Waals surface area contributed by atoms with Gasteiger partial charge in [-0.05, 0) is 58.4 Å². The molecule has 0 aliphatic rings. The van der Waals surface area contributed by atoms with E-state index in [1.54, 1.807) is 0 Å². The fourth-order valence-corrected chi connectivity index (χ4v) is 2.43. The number of benzene rings is 1. The average Bonchev–Trinajstić information content (AvgIpc) is 2.57. The van der Waals surface area contributed by atoms with Gasteiger partial charge in [-0.1, -0.05) is 13.0 Å². The maximum absolute atomic E-state index is 11.7. The highest BCUT2D eigenvalue weighted by molar-refractivity contribution is 5.80. The van der Waals surface area contributed by atoms with Crippen molar-refractivity contribution in [3.8, 4) is 5.75 Å². The highest BCUT2D eigenvalue weighted by atomic mass is 16.6. The Bertz CT molecular complexity index is 738. The molecule has 0 saturated heterocycles. The van der Waals surface area contributed by atoms with Crippen molar-refractivity contribution in [2.75, 3.05) is 6.54 Å². The maximum Gasteiger partial charge on any atom is 0.307 e. The van der Waals surface area contributed by atoms with Crippen LogP contribution in [0.5, 0.6) is 5.75 Å². The largest absolute Gasteiger partial charge is 0.491 e. The zero-order valence-corrected chi connectivity index (χ0v) is 16.5. The Morgan fingerprint density at radius 1 is 1.23 bits per heavy atom. The first-order valence-corrected chi connectivity index (χ1v) is 9.26. The van der Waals surface area contributed by atoms with E-state index in [-0.39, 0.29) is 12.1 Å². The van der Waals surface area contributed by atoms with Crippen molar-refractivity contribution in [1.82, 2.24) is 10.3 Å². The van der Waals surface area contributed by atoms with Crippen molar-refractivity contribution in [2.45, 2.75) is 65.7 Å². The second-order valence-corrected chi connectivity index (χ2v) is 7.51. The number of nitrogens with zero attached hydrogens (tertiary/aromatic N) is 1. The topological polar surface area (TPSA) is 60.5 Å². The van der Waals surface area contributed by atoms with Crippen LogP contribution in [0.3, 0.4) is 0 Å². The molecule has 26 heavy (non-hydrogen) atoms. The number of carbonyl (C=O) groups excluding carboxylic acids is 1. The quantitative estimate of drug-likeness (QED) is 0.565. The first kappa shape index (κ1) is 20.2. The third kappa shape index (κ3) is 6.64. The third-order valence-electron chi connectivity index (χ3n) is 3.86. The van der Waals surface area contributed by atoms with Crippen molar-refractivity contribution in [3.63, 3.8) is 0 Å². The lowest BCUT2D eigenvalue weighted by molar-refractivity contribution is -0.154. The van der Waals surface area contributed by atoms with Crippen LogP contribution in [0, 0.1) is 0 Å². The highest BCUT2D eigenvalue weighted by Crippen LogP contribution is 2.21. The van der Waals surface area contributed by atoms with E-state index in [4.69, 9.17) is 9.47 Å². The molecule has 1 aromatic heterocycles. The Labute approximate surface area is 156 Å². The lowest BCUT2D eigenvalue weighted by Gasteiger charge is -2.19. The minimum absolute atomic E-state index is 0.190. The summed E-state index contributed by atoms with van der Waals surface area (Å²) < 4.78 is 11.1. The summed E-state index contributed by atoms with van der Waals surface area (Å²) in [6, 6.07) is 10.0. The van der Waals surface area contributed by atoms with Gasteiger partial charge in [-0.25, -0.2) is 0 Å². The van der Waals surface area contributed by atoms with E-state index in [1.807, 2.05) is 45.0 Å². The third-order valence-corrected chi connectivity index (χ3v) is 3.86. The van der Waals surface area contributed by atoms with Gasteiger partial charge in [-0.3, -0.25) is 9.78 Å². The zero-order chi connectivity index (χ0) is 19.2. The fourth-order valence-electron chi connectivity index (χ4n) is 2.43. The molecule has 1 aromatic carbocycles. The van der Waals surface area contributed by atoms with Crippen LogP contribution in [-0.4, -0.2) is 29.2 Å². The lowest BCUT2D eigenvalue weighted by atomic mass is 10.2. The maximum atomic E-state index is 11.7. The van der Waals surface area contributed by atoms with E-state index in [2.05, 4.69) is 30.2 Å². The number of hydrogen-bond donors (Lipinski definition) is 1. The van der Waals surface area contributed by atoms with Crippen LogP contribution >= 0.6 is 0 Å². The second-order valence-electron chi connectivity index (χ2n) is 7.51.